The summed E-state index contributed by atoms with van der Waals surface area (Å²) in [4.78, 5) is 38.0. The highest BCUT2D eigenvalue weighted by molar-refractivity contribution is 5.71. The first kappa shape index (κ1) is 59.1. The number of carbonyl (C=O) groups excluding carboxylic acids is 3. The molecule has 0 aromatic rings. The van der Waals surface area contributed by atoms with Gasteiger partial charge in [0, 0.05) is 19.3 Å². The molecule has 0 heterocycles. The molecule has 0 aliphatic heterocycles. The lowest BCUT2D eigenvalue weighted by atomic mass is 10.0. The van der Waals surface area contributed by atoms with Gasteiger partial charge in [-0.1, -0.05) is 251 Å². The van der Waals surface area contributed by atoms with Gasteiger partial charge in [0.1, 0.15) is 13.2 Å². The minimum atomic E-state index is -0.766. The lowest BCUT2D eigenvalue weighted by Gasteiger charge is -2.18. The molecule has 0 saturated carbocycles. The van der Waals surface area contributed by atoms with Gasteiger partial charge in [-0.3, -0.25) is 14.4 Å². The normalized spacial score (nSPS) is 12.0. The van der Waals surface area contributed by atoms with Crippen LogP contribution in [0.5, 0.6) is 0 Å². The number of esters is 3. The molecule has 0 N–H and O–H groups in total. The van der Waals surface area contributed by atoms with Crippen LogP contribution in [0.25, 0.3) is 0 Å². The predicted octanol–water partition coefficient (Wildman–Crippen LogP) is 17.8. The molecule has 0 aliphatic rings. The van der Waals surface area contributed by atoms with E-state index in [-0.39, 0.29) is 31.1 Å². The van der Waals surface area contributed by atoms with Crippen LogP contribution in [0.4, 0.5) is 0 Å². The van der Waals surface area contributed by atoms with Crippen molar-refractivity contribution < 1.29 is 28.6 Å². The third-order valence-electron chi connectivity index (χ3n) is 12.3. The van der Waals surface area contributed by atoms with Crippen molar-refractivity contribution in [3.8, 4) is 0 Å². The maximum atomic E-state index is 12.8. The average Bonchev–Trinajstić information content (AvgIpc) is 3.26. The second-order valence-corrected chi connectivity index (χ2v) is 18.5. The third-order valence-corrected chi connectivity index (χ3v) is 12.3. The number of ether oxygens (including phenoxy) is 3. The second-order valence-electron chi connectivity index (χ2n) is 18.5. The Balaban J connectivity index is 4.32. The molecule has 0 bridgehead atoms. The van der Waals surface area contributed by atoms with Crippen LogP contribution >= 0.6 is 0 Å². The van der Waals surface area contributed by atoms with Crippen LogP contribution in [0.1, 0.15) is 303 Å². The fourth-order valence-corrected chi connectivity index (χ4v) is 8.14. The standard InChI is InChI=1S/C55H104O6/c1-4-7-10-13-16-19-22-25-26-27-28-31-34-37-40-43-46-49-55(58)61-52(50-59-53(56)47-44-41-38-35-32-29-23-20-17-14-11-8-5-2)51-60-54(57)48-45-42-39-36-33-30-24-21-18-15-12-9-6-3/h20,23,52H,4-19,21-22,24-51H2,1-3H3/b23-20-/t52-/m1/s1. The Labute approximate surface area is 380 Å². The van der Waals surface area contributed by atoms with E-state index in [4.69, 9.17) is 14.2 Å². The zero-order valence-corrected chi connectivity index (χ0v) is 41.2. The Morgan fingerprint density at radius 3 is 0.836 bits per heavy atom. The van der Waals surface area contributed by atoms with Crippen molar-refractivity contribution in [2.75, 3.05) is 13.2 Å². The quantitative estimate of drug-likeness (QED) is 0.0262. The Kier molecular flexibility index (Phi) is 49.3. The number of unbranched alkanes of at least 4 members (excludes halogenated alkanes) is 37. The molecule has 0 aromatic carbocycles. The van der Waals surface area contributed by atoms with E-state index in [1.54, 1.807) is 0 Å². The van der Waals surface area contributed by atoms with Crippen LogP contribution in [0.15, 0.2) is 12.2 Å². The first-order valence-corrected chi connectivity index (χ1v) is 27.2. The smallest absolute Gasteiger partial charge is 0.306 e. The van der Waals surface area contributed by atoms with Crippen molar-refractivity contribution in [2.24, 2.45) is 0 Å². The van der Waals surface area contributed by atoms with E-state index in [1.807, 2.05) is 0 Å². The minimum absolute atomic E-state index is 0.0669. The van der Waals surface area contributed by atoms with Gasteiger partial charge in [0.2, 0.25) is 0 Å². The zero-order valence-electron chi connectivity index (χ0n) is 41.2. The van der Waals surface area contributed by atoms with Crippen molar-refractivity contribution in [2.45, 2.75) is 309 Å². The molecule has 0 spiro atoms. The van der Waals surface area contributed by atoms with E-state index >= 15 is 0 Å². The van der Waals surface area contributed by atoms with E-state index in [0.29, 0.717) is 19.3 Å². The molecule has 0 rings (SSSR count). The lowest BCUT2D eigenvalue weighted by Crippen LogP contribution is -2.30. The Hall–Kier alpha value is -1.85. The lowest BCUT2D eigenvalue weighted by molar-refractivity contribution is -0.167. The fraction of sp³-hybridized carbons (Fsp3) is 0.909. The molecule has 0 saturated heterocycles. The topological polar surface area (TPSA) is 78.9 Å². The van der Waals surface area contributed by atoms with Crippen molar-refractivity contribution in [3.63, 3.8) is 0 Å². The Morgan fingerprint density at radius 2 is 0.541 bits per heavy atom. The van der Waals surface area contributed by atoms with Gasteiger partial charge in [-0.05, 0) is 44.9 Å². The van der Waals surface area contributed by atoms with Crippen LogP contribution in [0.3, 0.4) is 0 Å². The summed E-state index contributed by atoms with van der Waals surface area (Å²) < 4.78 is 16.8. The summed E-state index contributed by atoms with van der Waals surface area (Å²) in [5.41, 5.74) is 0. The number of rotatable bonds is 50. The van der Waals surface area contributed by atoms with Gasteiger partial charge in [0.05, 0.1) is 0 Å². The molecular weight excluding hydrogens is 757 g/mol. The summed E-state index contributed by atoms with van der Waals surface area (Å²) in [7, 11) is 0. The van der Waals surface area contributed by atoms with E-state index in [0.717, 1.165) is 64.2 Å². The van der Waals surface area contributed by atoms with E-state index in [9.17, 15) is 14.4 Å². The van der Waals surface area contributed by atoms with Crippen LogP contribution in [0.2, 0.25) is 0 Å². The molecule has 0 radical (unpaired) electrons. The second kappa shape index (κ2) is 50.8. The van der Waals surface area contributed by atoms with Gasteiger partial charge in [0.15, 0.2) is 6.10 Å². The van der Waals surface area contributed by atoms with Gasteiger partial charge in [-0.25, -0.2) is 0 Å². The highest BCUT2D eigenvalue weighted by Crippen LogP contribution is 2.17. The molecule has 6 heteroatoms. The maximum Gasteiger partial charge on any atom is 0.306 e. The molecule has 360 valence electrons. The summed E-state index contributed by atoms with van der Waals surface area (Å²) in [6, 6.07) is 0. The molecule has 0 amide bonds. The summed E-state index contributed by atoms with van der Waals surface area (Å²) in [6.45, 7) is 6.66. The molecule has 6 nitrogen and oxygen atoms in total. The SMILES string of the molecule is CCCCCC/C=C\CCCCCCCC(=O)OC[C@H](COC(=O)CCCCCCCCCCCCCCC)OC(=O)CCCCCCCCCCCCCCCCCCC. The first-order valence-electron chi connectivity index (χ1n) is 27.2. The zero-order chi connectivity index (χ0) is 44.4. The average molecular weight is 861 g/mol. The number of hydrogen-bond donors (Lipinski definition) is 0. The maximum absolute atomic E-state index is 12.8. The van der Waals surface area contributed by atoms with Gasteiger partial charge in [0.25, 0.3) is 0 Å². The molecule has 0 unspecified atom stereocenters. The predicted molar refractivity (Wildman–Crippen MR) is 261 cm³/mol. The molecular formula is C55H104O6. The van der Waals surface area contributed by atoms with Crippen molar-refractivity contribution >= 4 is 17.9 Å². The summed E-state index contributed by atoms with van der Waals surface area (Å²) in [5, 5.41) is 0. The fourth-order valence-electron chi connectivity index (χ4n) is 8.14. The van der Waals surface area contributed by atoms with Crippen molar-refractivity contribution in [1.82, 2.24) is 0 Å². The number of hydrogen-bond acceptors (Lipinski definition) is 6. The van der Waals surface area contributed by atoms with Crippen molar-refractivity contribution in [1.29, 1.82) is 0 Å². The highest BCUT2D eigenvalue weighted by atomic mass is 16.6. The van der Waals surface area contributed by atoms with Gasteiger partial charge in [-0.2, -0.15) is 0 Å². The summed E-state index contributed by atoms with van der Waals surface area (Å²) in [6.07, 6.45) is 56.2. The summed E-state index contributed by atoms with van der Waals surface area (Å²) >= 11 is 0. The highest BCUT2D eigenvalue weighted by Gasteiger charge is 2.19. The molecule has 1 atom stereocenters. The van der Waals surface area contributed by atoms with Crippen LogP contribution in [-0.2, 0) is 28.6 Å². The van der Waals surface area contributed by atoms with Gasteiger partial charge < -0.3 is 14.2 Å². The van der Waals surface area contributed by atoms with E-state index in [1.165, 1.54) is 199 Å². The Bertz CT molecular complexity index is 947. The van der Waals surface area contributed by atoms with Crippen LogP contribution in [-0.4, -0.2) is 37.2 Å². The largest absolute Gasteiger partial charge is 0.462 e. The van der Waals surface area contributed by atoms with Crippen LogP contribution in [0, 0.1) is 0 Å². The van der Waals surface area contributed by atoms with Crippen molar-refractivity contribution in [3.05, 3.63) is 12.2 Å². The minimum Gasteiger partial charge on any atom is -0.462 e. The van der Waals surface area contributed by atoms with E-state index < -0.39 is 6.10 Å². The summed E-state index contributed by atoms with van der Waals surface area (Å²) in [5.74, 6) is -0.856. The third kappa shape index (κ3) is 49.0. The Morgan fingerprint density at radius 1 is 0.311 bits per heavy atom. The number of carbonyl (C=O) groups is 3. The van der Waals surface area contributed by atoms with Crippen LogP contribution < -0.4 is 0 Å². The molecule has 61 heavy (non-hydrogen) atoms. The van der Waals surface area contributed by atoms with Gasteiger partial charge >= 0.3 is 17.9 Å². The first-order chi connectivity index (χ1) is 30.0. The van der Waals surface area contributed by atoms with Gasteiger partial charge in [-0.15, -0.1) is 0 Å². The molecule has 0 aliphatic carbocycles. The van der Waals surface area contributed by atoms with E-state index in [2.05, 4.69) is 32.9 Å². The molecule has 0 fully saturated rings. The number of allylic oxidation sites excluding steroid dienone is 2. The monoisotopic (exact) mass is 861 g/mol. The molecule has 0 aromatic heterocycles.